The number of hydrogen-bond acceptors (Lipinski definition) is 5. The quantitative estimate of drug-likeness (QED) is 0.468. The van der Waals surface area contributed by atoms with Gasteiger partial charge < -0.3 is 14.9 Å². The molecule has 0 fully saturated rings. The van der Waals surface area contributed by atoms with E-state index < -0.39 is 5.97 Å². The van der Waals surface area contributed by atoms with Crippen molar-refractivity contribution in [2.75, 3.05) is 13.7 Å². The second-order valence-corrected chi connectivity index (χ2v) is 5.46. The average molecular weight is 361 g/mol. The number of nitrogens with one attached hydrogen (secondary N) is 1. The van der Waals surface area contributed by atoms with E-state index in [1.807, 2.05) is 12.1 Å². The van der Waals surface area contributed by atoms with Crippen molar-refractivity contribution in [2.45, 2.75) is 6.54 Å². The molecule has 0 unspecified atom stereocenters. The average Bonchev–Trinajstić information content (AvgIpc) is 2.63. The molecule has 7 heteroatoms. The van der Waals surface area contributed by atoms with E-state index in [-0.39, 0.29) is 12.5 Å². The van der Waals surface area contributed by atoms with E-state index in [1.165, 1.54) is 13.3 Å². The Morgan fingerprint density at radius 3 is 2.64 bits per heavy atom. The lowest BCUT2D eigenvalue weighted by atomic mass is 10.1. The van der Waals surface area contributed by atoms with E-state index in [2.05, 4.69) is 15.2 Å². The topological polar surface area (TPSA) is 77.0 Å². The molecule has 130 valence electrons. The molecule has 0 heterocycles. The van der Waals surface area contributed by atoms with Gasteiger partial charge >= 0.3 is 5.97 Å². The molecular formula is C18H17ClN2O4. The van der Waals surface area contributed by atoms with Gasteiger partial charge in [0.25, 0.3) is 5.91 Å². The molecule has 0 aromatic heterocycles. The molecule has 0 saturated heterocycles. The summed E-state index contributed by atoms with van der Waals surface area (Å²) in [5.74, 6) is -0.700. The number of amides is 1. The summed E-state index contributed by atoms with van der Waals surface area (Å²) in [6.07, 6.45) is 1.45. The zero-order chi connectivity index (χ0) is 18.1. The van der Waals surface area contributed by atoms with E-state index in [1.54, 1.807) is 36.4 Å². The summed E-state index contributed by atoms with van der Waals surface area (Å²) in [4.78, 5) is 27.9. The molecular weight excluding hydrogens is 344 g/mol. The van der Waals surface area contributed by atoms with Gasteiger partial charge in [-0.15, -0.1) is 0 Å². The molecule has 0 aliphatic carbocycles. The largest absolute Gasteiger partial charge is 0.465 e. The van der Waals surface area contributed by atoms with Gasteiger partial charge in [0.05, 0.1) is 18.9 Å². The number of benzene rings is 2. The lowest BCUT2D eigenvalue weighted by molar-refractivity contribution is -0.125. The van der Waals surface area contributed by atoms with Gasteiger partial charge in [0.1, 0.15) is 0 Å². The highest BCUT2D eigenvalue weighted by molar-refractivity contribution is 6.30. The Morgan fingerprint density at radius 2 is 1.96 bits per heavy atom. The summed E-state index contributed by atoms with van der Waals surface area (Å²) in [5.41, 5.74) is 2.07. The Bertz CT molecular complexity index is 760. The molecule has 2 aromatic rings. The minimum absolute atomic E-state index is 0.197. The molecule has 0 radical (unpaired) electrons. The van der Waals surface area contributed by atoms with Crippen molar-refractivity contribution in [1.82, 2.24) is 5.32 Å². The van der Waals surface area contributed by atoms with Gasteiger partial charge in [-0.25, -0.2) is 4.79 Å². The van der Waals surface area contributed by atoms with Crippen molar-refractivity contribution in [3.63, 3.8) is 0 Å². The van der Waals surface area contributed by atoms with Gasteiger partial charge in [0.2, 0.25) is 0 Å². The van der Waals surface area contributed by atoms with Crippen LogP contribution in [0.2, 0.25) is 5.02 Å². The molecule has 2 aromatic carbocycles. The van der Waals surface area contributed by atoms with Gasteiger partial charge in [-0.2, -0.15) is 0 Å². The lowest BCUT2D eigenvalue weighted by Gasteiger charge is -2.04. The van der Waals surface area contributed by atoms with Crippen LogP contribution in [0.15, 0.2) is 53.7 Å². The summed E-state index contributed by atoms with van der Waals surface area (Å²) < 4.78 is 4.61. The predicted octanol–water partition coefficient (Wildman–Crippen LogP) is 2.79. The normalized spacial score (nSPS) is 10.5. The number of hydrogen-bond donors (Lipinski definition) is 1. The number of methoxy groups -OCH3 is 1. The SMILES string of the molecule is COC(=O)c1ccc(/C=N/OCC(=O)NCc2cccc(Cl)c2)cc1. The molecule has 0 saturated carbocycles. The summed E-state index contributed by atoms with van der Waals surface area (Å²) in [6.45, 7) is 0.165. The molecule has 2 rings (SSSR count). The zero-order valence-corrected chi connectivity index (χ0v) is 14.3. The van der Waals surface area contributed by atoms with Gasteiger partial charge in [-0.05, 0) is 35.4 Å². The molecule has 0 spiro atoms. The van der Waals surface area contributed by atoms with E-state index in [4.69, 9.17) is 16.4 Å². The van der Waals surface area contributed by atoms with Crippen LogP contribution >= 0.6 is 11.6 Å². The lowest BCUT2D eigenvalue weighted by Crippen LogP contribution is -2.26. The van der Waals surface area contributed by atoms with Crippen molar-refractivity contribution in [3.8, 4) is 0 Å². The maximum atomic E-state index is 11.7. The first-order valence-electron chi connectivity index (χ1n) is 7.43. The van der Waals surface area contributed by atoms with E-state index in [0.29, 0.717) is 17.1 Å². The molecule has 0 bridgehead atoms. The molecule has 25 heavy (non-hydrogen) atoms. The molecule has 6 nitrogen and oxygen atoms in total. The van der Waals surface area contributed by atoms with Crippen molar-refractivity contribution in [2.24, 2.45) is 5.16 Å². The molecule has 0 aliphatic heterocycles. The third kappa shape index (κ3) is 6.27. The Balaban J connectivity index is 1.73. The third-order valence-electron chi connectivity index (χ3n) is 3.18. The van der Waals surface area contributed by atoms with E-state index >= 15 is 0 Å². The van der Waals surface area contributed by atoms with Crippen molar-refractivity contribution in [3.05, 3.63) is 70.2 Å². The standard InChI is InChI=1S/C18H17ClN2O4/c1-24-18(23)15-7-5-13(6-8-15)11-21-25-12-17(22)20-10-14-3-2-4-16(19)9-14/h2-9,11H,10,12H2,1H3,(H,20,22)/b21-11+. The Morgan fingerprint density at radius 1 is 1.20 bits per heavy atom. The van der Waals surface area contributed by atoms with Gasteiger partial charge in [0, 0.05) is 11.6 Å². The smallest absolute Gasteiger partial charge is 0.337 e. The van der Waals surface area contributed by atoms with Crippen molar-refractivity contribution >= 4 is 29.7 Å². The Kier molecular flexibility index (Phi) is 6.98. The van der Waals surface area contributed by atoms with Crippen molar-refractivity contribution < 1.29 is 19.2 Å². The van der Waals surface area contributed by atoms with E-state index in [9.17, 15) is 9.59 Å². The van der Waals surface area contributed by atoms with Crippen LogP contribution in [-0.2, 0) is 20.9 Å². The first-order chi connectivity index (χ1) is 12.1. The summed E-state index contributed by atoms with van der Waals surface area (Å²) in [7, 11) is 1.32. The minimum Gasteiger partial charge on any atom is -0.465 e. The maximum Gasteiger partial charge on any atom is 0.337 e. The highest BCUT2D eigenvalue weighted by Crippen LogP contribution is 2.10. The van der Waals surface area contributed by atoms with Gasteiger partial charge in [-0.3, -0.25) is 4.79 Å². The van der Waals surface area contributed by atoms with Crippen LogP contribution < -0.4 is 5.32 Å². The van der Waals surface area contributed by atoms with Crippen LogP contribution in [0.4, 0.5) is 0 Å². The highest BCUT2D eigenvalue weighted by Gasteiger charge is 2.04. The summed E-state index contributed by atoms with van der Waals surface area (Å²) in [6, 6.07) is 13.8. The minimum atomic E-state index is -0.406. The summed E-state index contributed by atoms with van der Waals surface area (Å²) in [5, 5.41) is 7.04. The van der Waals surface area contributed by atoms with Gasteiger partial charge in [0.15, 0.2) is 6.61 Å². The second-order valence-electron chi connectivity index (χ2n) is 5.03. The molecule has 0 aliphatic rings. The number of oxime groups is 1. The number of carbonyl (C=O) groups is 2. The second kappa shape index (κ2) is 9.44. The fraction of sp³-hybridized carbons (Fsp3) is 0.167. The van der Waals surface area contributed by atoms with Crippen molar-refractivity contribution in [1.29, 1.82) is 0 Å². The molecule has 0 atom stereocenters. The number of esters is 1. The number of carbonyl (C=O) groups excluding carboxylic acids is 2. The number of nitrogens with zero attached hydrogens (tertiary/aromatic N) is 1. The Hall–Kier alpha value is -2.86. The van der Waals surface area contributed by atoms with Crippen LogP contribution in [0.25, 0.3) is 0 Å². The molecule has 1 N–H and O–H groups in total. The van der Waals surface area contributed by atoms with Gasteiger partial charge in [-0.1, -0.05) is 41.0 Å². The molecule has 1 amide bonds. The van der Waals surface area contributed by atoms with Crippen LogP contribution in [0.5, 0.6) is 0 Å². The predicted molar refractivity (Wildman–Crippen MR) is 94.6 cm³/mol. The number of ether oxygens (including phenoxy) is 1. The first kappa shape index (κ1) is 18.5. The first-order valence-corrected chi connectivity index (χ1v) is 7.81. The van der Waals surface area contributed by atoms with Crippen LogP contribution in [0.1, 0.15) is 21.5 Å². The fourth-order valence-corrected chi connectivity index (χ4v) is 2.13. The highest BCUT2D eigenvalue weighted by atomic mass is 35.5. The zero-order valence-electron chi connectivity index (χ0n) is 13.6. The number of halogens is 1. The Labute approximate surface area is 150 Å². The summed E-state index contributed by atoms with van der Waals surface area (Å²) >= 11 is 5.87. The monoisotopic (exact) mass is 360 g/mol. The van der Waals surface area contributed by atoms with E-state index in [0.717, 1.165) is 11.1 Å². The van der Waals surface area contributed by atoms with Crippen LogP contribution in [0, 0.1) is 0 Å². The van der Waals surface area contributed by atoms with Crippen LogP contribution in [-0.4, -0.2) is 31.8 Å². The van der Waals surface area contributed by atoms with Crippen LogP contribution in [0.3, 0.4) is 0 Å². The fourth-order valence-electron chi connectivity index (χ4n) is 1.92. The third-order valence-corrected chi connectivity index (χ3v) is 3.42. The number of rotatable bonds is 7. The maximum absolute atomic E-state index is 11.7.